The number of benzene rings is 2. The van der Waals surface area contributed by atoms with Crippen molar-refractivity contribution in [1.29, 1.82) is 0 Å². The second-order valence-corrected chi connectivity index (χ2v) is 9.35. The van der Waals surface area contributed by atoms with E-state index in [1.807, 2.05) is 38.1 Å². The van der Waals surface area contributed by atoms with Gasteiger partial charge in [-0.3, -0.25) is 0 Å². The SMILES string of the molecule is Cc1c([C@@H](C)Nc2nc(Cl)nc3ccc(Br)cc23)cccc1S(C)(=O)=O. The zero-order valence-corrected chi connectivity index (χ0v) is 17.6. The van der Waals surface area contributed by atoms with Crippen molar-refractivity contribution < 1.29 is 8.42 Å². The number of fused-ring (bicyclic) bond motifs is 1. The summed E-state index contributed by atoms with van der Waals surface area (Å²) in [6, 6.07) is 10.8. The van der Waals surface area contributed by atoms with Crippen LogP contribution in [-0.4, -0.2) is 24.6 Å². The fraction of sp³-hybridized carbons (Fsp3) is 0.222. The highest BCUT2D eigenvalue weighted by Crippen LogP contribution is 2.30. The Morgan fingerprint density at radius 3 is 2.62 bits per heavy atom. The first kappa shape index (κ1) is 19.1. The number of anilines is 1. The Kier molecular flexibility index (Phi) is 5.23. The molecule has 0 saturated carbocycles. The molecule has 0 unspecified atom stereocenters. The molecule has 0 bridgehead atoms. The predicted molar refractivity (Wildman–Crippen MR) is 109 cm³/mol. The normalized spacial score (nSPS) is 13.0. The summed E-state index contributed by atoms with van der Waals surface area (Å²) >= 11 is 9.51. The predicted octanol–water partition coefficient (Wildman–Crippen LogP) is 4.93. The number of aromatic nitrogens is 2. The lowest BCUT2D eigenvalue weighted by molar-refractivity contribution is 0.601. The Morgan fingerprint density at radius 2 is 1.92 bits per heavy atom. The van der Waals surface area contributed by atoms with Crippen LogP contribution >= 0.6 is 27.5 Å². The van der Waals surface area contributed by atoms with Crippen LogP contribution in [0.4, 0.5) is 5.82 Å². The molecule has 0 aliphatic rings. The molecule has 0 saturated heterocycles. The van der Waals surface area contributed by atoms with Crippen molar-refractivity contribution in [2.75, 3.05) is 11.6 Å². The third-order valence-corrected chi connectivity index (χ3v) is 6.08. The minimum atomic E-state index is -3.29. The third kappa shape index (κ3) is 3.84. The molecule has 8 heteroatoms. The van der Waals surface area contributed by atoms with Gasteiger partial charge in [-0.05, 0) is 60.8 Å². The monoisotopic (exact) mass is 453 g/mol. The number of rotatable bonds is 4. The van der Waals surface area contributed by atoms with Crippen molar-refractivity contribution in [3.05, 3.63) is 57.3 Å². The van der Waals surface area contributed by atoms with Gasteiger partial charge in [0.15, 0.2) is 9.84 Å². The van der Waals surface area contributed by atoms with E-state index < -0.39 is 9.84 Å². The van der Waals surface area contributed by atoms with Crippen molar-refractivity contribution in [2.45, 2.75) is 24.8 Å². The van der Waals surface area contributed by atoms with Crippen LogP contribution in [0, 0.1) is 6.92 Å². The largest absolute Gasteiger partial charge is 0.363 e. The molecule has 136 valence electrons. The van der Waals surface area contributed by atoms with Crippen LogP contribution in [-0.2, 0) is 9.84 Å². The number of nitrogens with zero attached hydrogens (tertiary/aromatic N) is 2. The van der Waals surface area contributed by atoms with Crippen LogP contribution in [0.15, 0.2) is 45.8 Å². The summed E-state index contributed by atoms with van der Waals surface area (Å²) in [7, 11) is -3.29. The van der Waals surface area contributed by atoms with Gasteiger partial charge in [0.05, 0.1) is 16.5 Å². The van der Waals surface area contributed by atoms with E-state index in [2.05, 4.69) is 31.2 Å². The van der Waals surface area contributed by atoms with Crippen LogP contribution in [0.1, 0.15) is 24.1 Å². The van der Waals surface area contributed by atoms with Crippen molar-refractivity contribution in [1.82, 2.24) is 9.97 Å². The van der Waals surface area contributed by atoms with E-state index in [4.69, 9.17) is 11.6 Å². The maximum absolute atomic E-state index is 12.0. The molecule has 0 aliphatic carbocycles. The summed E-state index contributed by atoms with van der Waals surface area (Å²) in [5, 5.41) is 4.31. The van der Waals surface area contributed by atoms with Crippen LogP contribution in [0.5, 0.6) is 0 Å². The van der Waals surface area contributed by atoms with Crippen molar-refractivity contribution in [2.24, 2.45) is 0 Å². The first-order valence-electron chi connectivity index (χ1n) is 7.85. The molecule has 3 rings (SSSR count). The number of hydrogen-bond donors (Lipinski definition) is 1. The molecule has 0 spiro atoms. The molecule has 3 aromatic rings. The van der Waals surface area contributed by atoms with Crippen LogP contribution in [0.3, 0.4) is 0 Å². The van der Waals surface area contributed by atoms with Crippen LogP contribution < -0.4 is 5.32 Å². The fourth-order valence-electron chi connectivity index (χ4n) is 2.97. The average molecular weight is 455 g/mol. The highest BCUT2D eigenvalue weighted by atomic mass is 79.9. The summed E-state index contributed by atoms with van der Waals surface area (Å²) in [5.74, 6) is 0.595. The van der Waals surface area contributed by atoms with Gasteiger partial charge in [0, 0.05) is 16.1 Å². The van der Waals surface area contributed by atoms with E-state index >= 15 is 0 Å². The number of nitrogens with one attached hydrogen (secondary N) is 1. The minimum absolute atomic E-state index is 0.149. The Hall–Kier alpha value is -1.70. The van der Waals surface area contributed by atoms with Gasteiger partial charge in [-0.2, -0.15) is 0 Å². The molecule has 0 radical (unpaired) electrons. The standard InChI is InChI=1S/C18H17BrClN3O2S/c1-10-13(5-4-6-16(10)26(3,24)25)11(2)21-17-14-9-12(19)7-8-15(14)22-18(20)23-17/h4-9,11H,1-3H3,(H,21,22,23)/t11-/m1/s1. The molecule has 26 heavy (non-hydrogen) atoms. The molecular formula is C18H17BrClN3O2S. The zero-order valence-electron chi connectivity index (χ0n) is 14.4. The first-order valence-corrected chi connectivity index (χ1v) is 10.9. The molecule has 1 N–H and O–H groups in total. The van der Waals surface area contributed by atoms with Crippen molar-refractivity contribution in [3.63, 3.8) is 0 Å². The molecule has 1 aromatic heterocycles. The number of halogens is 2. The second kappa shape index (κ2) is 7.13. The Labute approximate surface area is 165 Å². The minimum Gasteiger partial charge on any atom is -0.363 e. The fourth-order valence-corrected chi connectivity index (χ4v) is 4.50. The van der Waals surface area contributed by atoms with E-state index in [0.717, 1.165) is 26.5 Å². The van der Waals surface area contributed by atoms with Crippen LogP contribution in [0.2, 0.25) is 5.28 Å². The Morgan fingerprint density at radius 1 is 1.19 bits per heavy atom. The van der Waals surface area contributed by atoms with Gasteiger partial charge in [0.2, 0.25) is 5.28 Å². The van der Waals surface area contributed by atoms with Gasteiger partial charge < -0.3 is 5.32 Å². The summed E-state index contributed by atoms with van der Waals surface area (Å²) in [4.78, 5) is 8.88. The summed E-state index contributed by atoms with van der Waals surface area (Å²) < 4.78 is 24.9. The molecule has 0 amide bonds. The molecule has 2 aromatic carbocycles. The van der Waals surface area contributed by atoms with Gasteiger partial charge in [-0.25, -0.2) is 18.4 Å². The summed E-state index contributed by atoms with van der Waals surface area (Å²) in [6.07, 6.45) is 1.21. The Balaban J connectivity index is 2.05. The maximum atomic E-state index is 12.0. The average Bonchev–Trinajstić information content (AvgIpc) is 2.54. The highest BCUT2D eigenvalue weighted by molar-refractivity contribution is 9.10. The second-order valence-electron chi connectivity index (χ2n) is 6.11. The van der Waals surface area contributed by atoms with Gasteiger partial charge >= 0.3 is 0 Å². The van der Waals surface area contributed by atoms with E-state index in [0.29, 0.717) is 10.7 Å². The molecule has 1 atom stereocenters. The quantitative estimate of drug-likeness (QED) is 0.566. The van der Waals surface area contributed by atoms with Gasteiger partial charge in [0.1, 0.15) is 5.82 Å². The highest BCUT2D eigenvalue weighted by Gasteiger charge is 2.18. The molecular weight excluding hydrogens is 438 g/mol. The van der Waals surface area contributed by atoms with Gasteiger partial charge in [-0.15, -0.1) is 0 Å². The van der Waals surface area contributed by atoms with E-state index in [9.17, 15) is 8.42 Å². The smallest absolute Gasteiger partial charge is 0.224 e. The topological polar surface area (TPSA) is 72.0 Å². The number of sulfone groups is 1. The lowest BCUT2D eigenvalue weighted by Gasteiger charge is -2.20. The third-order valence-electron chi connectivity index (χ3n) is 4.18. The first-order chi connectivity index (χ1) is 12.2. The summed E-state index contributed by atoms with van der Waals surface area (Å²) in [5.41, 5.74) is 2.33. The lowest BCUT2D eigenvalue weighted by atomic mass is 10.0. The van der Waals surface area contributed by atoms with Gasteiger partial charge in [-0.1, -0.05) is 28.1 Å². The van der Waals surface area contributed by atoms with E-state index in [1.165, 1.54) is 6.26 Å². The van der Waals surface area contributed by atoms with Crippen molar-refractivity contribution in [3.8, 4) is 0 Å². The maximum Gasteiger partial charge on any atom is 0.224 e. The molecule has 0 fully saturated rings. The van der Waals surface area contributed by atoms with Crippen LogP contribution in [0.25, 0.3) is 10.9 Å². The molecule has 0 aliphatic heterocycles. The van der Waals surface area contributed by atoms with Crippen molar-refractivity contribution >= 4 is 54.1 Å². The van der Waals surface area contributed by atoms with E-state index in [1.54, 1.807) is 12.1 Å². The number of hydrogen-bond acceptors (Lipinski definition) is 5. The molecule has 5 nitrogen and oxygen atoms in total. The Bertz CT molecular complexity index is 1100. The zero-order chi connectivity index (χ0) is 19.1. The summed E-state index contributed by atoms with van der Waals surface area (Å²) in [6.45, 7) is 3.76. The van der Waals surface area contributed by atoms with Gasteiger partial charge in [0.25, 0.3) is 0 Å². The lowest BCUT2D eigenvalue weighted by Crippen LogP contribution is -2.12. The van der Waals surface area contributed by atoms with E-state index in [-0.39, 0.29) is 11.3 Å². The molecule has 1 heterocycles.